The van der Waals surface area contributed by atoms with Crippen LogP contribution in [0.5, 0.6) is 0 Å². The molecule has 0 aromatic heterocycles. The SMILES string of the molecule is C=C(CC)CC(N)CCCOCC. The lowest BCUT2D eigenvalue weighted by Crippen LogP contribution is -2.20. The quantitative estimate of drug-likeness (QED) is 0.466. The molecule has 0 radical (unpaired) electrons. The summed E-state index contributed by atoms with van der Waals surface area (Å²) in [6.07, 6.45) is 4.10. The van der Waals surface area contributed by atoms with Gasteiger partial charge in [0.15, 0.2) is 0 Å². The van der Waals surface area contributed by atoms with Crippen molar-refractivity contribution in [1.29, 1.82) is 0 Å². The molecule has 0 rings (SSSR count). The van der Waals surface area contributed by atoms with E-state index in [1.165, 1.54) is 5.57 Å². The molecule has 0 aromatic carbocycles. The molecule has 0 aliphatic rings. The zero-order valence-corrected chi connectivity index (χ0v) is 9.01. The van der Waals surface area contributed by atoms with Gasteiger partial charge in [-0.05, 0) is 32.6 Å². The van der Waals surface area contributed by atoms with Crippen LogP contribution < -0.4 is 5.73 Å². The molecular formula is C11H23NO. The van der Waals surface area contributed by atoms with E-state index in [0.29, 0.717) is 0 Å². The van der Waals surface area contributed by atoms with Gasteiger partial charge in [-0.15, -0.1) is 0 Å². The van der Waals surface area contributed by atoms with Crippen LogP contribution in [0.4, 0.5) is 0 Å². The standard InChI is InChI=1S/C11H23NO/c1-4-10(3)9-11(12)7-6-8-13-5-2/h11H,3-9,12H2,1-2H3. The lowest BCUT2D eigenvalue weighted by molar-refractivity contribution is 0.142. The van der Waals surface area contributed by atoms with E-state index in [0.717, 1.165) is 38.9 Å². The van der Waals surface area contributed by atoms with Crippen molar-refractivity contribution in [2.45, 2.75) is 45.6 Å². The van der Waals surface area contributed by atoms with E-state index in [9.17, 15) is 0 Å². The summed E-state index contributed by atoms with van der Waals surface area (Å²) in [6.45, 7) is 9.72. The molecule has 0 fully saturated rings. The molecule has 1 atom stereocenters. The summed E-state index contributed by atoms with van der Waals surface area (Å²) in [5.74, 6) is 0. The van der Waals surface area contributed by atoms with Gasteiger partial charge in [-0.2, -0.15) is 0 Å². The first-order valence-corrected chi connectivity index (χ1v) is 5.20. The maximum atomic E-state index is 5.92. The highest BCUT2D eigenvalue weighted by Gasteiger charge is 2.03. The fourth-order valence-corrected chi connectivity index (χ4v) is 1.21. The van der Waals surface area contributed by atoms with E-state index in [1.807, 2.05) is 6.92 Å². The van der Waals surface area contributed by atoms with Gasteiger partial charge in [0.05, 0.1) is 0 Å². The lowest BCUT2D eigenvalue weighted by atomic mass is 10.0. The number of hydrogen-bond donors (Lipinski definition) is 1. The van der Waals surface area contributed by atoms with E-state index in [2.05, 4.69) is 13.5 Å². The number of ether oxygens (including phenoxy) is 1. The van der Waals surface area contributed by atoms with Crippen molar-refractivity contribution < 1.29 is 4.74 Å². The molecule has 2 nitrogen and oxygen atoms in total. The predicted octanol–water partition coefficient (Wildman–Crippen LogP) is 2.49. The Labute approximate surface area is 82.2 Å². The van der Waals surface area contributed by atoms with Gasteiger partial charge in [-0.25, -0.2) is 0 Å². The first-order valence-electron chi connectivity index (χ1n) is 5.20. The second kappa shape index (κ2) is 8.27. The molecule has 1 unspecified atom stereocenters. The minimum absolute atomic E-state index is 0.271. The second-order valence-electron chi connectivity index (χ2n) is 3.41. The first kappa shape index (κ1) is 12.7. The molecule has 0 saturated heterocycles. The van der Waals surface area contributed by atoms with Crippen LogP contribution in [0.25, 0.3) is 0 Å². The van der Waals surface area contributed by atoms with Gasteiger partial charge in [0, 0.05) is 19.3 Å². The van der Waals surface area contributed by atoms with Crippen LogP contribution in [0, 0.1) is 0 Å². The van der Waals surface area contributed by atoms with Crippen molar-refractivity contribution in [2.75, 3.05) is 13.2 Å². The molecule has 0 spiro atoms. The van der Waals surface area contributed by atoms with Crippen LogP contribution in [0.1, 0.15) is 39.5 Å². The zero-order valence-electron chi connectivity index (χ0n) is 9.01. The summed E-state index contributed by atoms with van der Waals surface area (Å²) in [6, 6.07) is 0.271. The fourth-order valence-electron chi connectivity index (χ4n) is 1.21. The van der Waals surface area contributed by atoms with Gasteiger partial charge >= 0.3 is 0 Å². The highest BCUT2D eigenvalue weighted by molar-refractivity contribution is 4.95. The zero-order chi connectivity index (χ0) is 10.1. The highest BCUT2D eigenvalue weighted by Crippen LogP contribution is 2.09. The summed E-state index contributed by atoms with van der Waals surface area (Å²) in [5.41, 5.74) is 7.17. The Bertz CT molecular complexity index is 134. The third-order valence-corrected chi connectivity index (χ3v) is 2.12. The normalized spacial score (nSPS) is 12.8. The topological polar surface area (TPSA) is 35.2 Å². The maximum Gasteiger partial charge on any atom is 0.0466 e. The second-order valence-corrected chi connectivity index (χ2v) is 3.41. The Morgan fingerprint density at radius 2 is 2.15 bits per heavy atom. The van der Waals surface area contributed by atoms with Crippen molar-refractivity contribution >= 4 is 0 Å². The van der Waals surface area contributed by atoms with Gasteiger partial charge in [-0.1, -0.05) is 19.1 Å². The van der Waals surface area contributed by atoms with Crippen LogP contribution in [-0.4, -0.2) is 19.3 Å². The molecule has 2 heteroatoms. The summed E-state index contributed by atoms with van der Waals surface area (Å²) in [7, 11) is 0. The van der Waals surface area contributed by atoms with Gasteiger partial charge < -0.3 is 10.5 Å². The average Bonchev–Trinajstić information content (AvgIpc) is 2.12. The van der Waals surface area contributed by atoms with Crippen LogP contribution in [0.2, 0.25) is 0 Å². The Hall–Kier alpha value is -0.340. The van der Waals surface area contributed by atoms with E-state index in [4.69, 9.17) is 10.5 Å². The fraction of sp³-hybridized carbons (Fsp3) is 0.818. The summed E-state index contributed by atoms with van der Waals surface area (Å²) in [5, 5.41) is 0. The van der Waals surface area contributed by atoms with Crippen molar-refractivity contribution in [3.63, 3.8) is 0 Å². The number of nitrogens with two attached hydrogens (primary N) is 1. The van der Waals surface area contributed by atoms with Crippen LogP contribution >= 0.6 is 0 Å². The summed E-state index contributed by atoms with van der Waals surface area (Å²) in [4.78, 5) is 0. The maximum absolute atomic E-state index is 5.92. The lowest BCUT2D eigenvalue weighted by Gasteiger charge is -2.12. The molecule has 0 aliphatic heterocycles. The van der Waals surface area contributed by atoms with Crippen LogP contribution in [0.3, 0.4) is 0 Å². The Kier molecular flexibility index (Phi) is 8.05. The monoisotopic (exact) mass is 185 g/mol. The molecule has 78 valence electrons. The third kappa shape index (κ3) is 8.00. The van der Waals surface area contributed by atoms with E-state index >= 15 is 0 Å². The molecule has 2 N–H and O–H groups in total. The third-order valence-electron chi connectivity index (χ3n) is 2.12. The van der Waals surface area contributed by atoms with Crippen molar-refractivity contribution in [2.24, 2.45) is 5.73 Å². The van der Waals surface area contributed by atoms with Crippen molar-refractivity contribution in [1.82, 2.24) is 0 Å². The predicted molar refractivity (Wildman–Crippen MR) is 57.8 cm³/mol. The van der Waals surface area contributed by atoms with E-state index in [1.54, 1.807) is 0 Å². The van der Waals surface area contributed by atoms with E-state index < -0.39 is 0 Å². The van der Waals surface area contributed by atoms with Gasteiger partial charge in [0.2, 0.25) is 0 Å². The minimum Gasteiger partial charge on any atom is -0.382 e. The molecular weight excluding hydrogens is 162 g/mol. The number of hydrogen-bond acceptors (Lipinski definition) is 2. The average molecular weight is 185 g/mol. The summed E-state index contributed by atoms with van der Waals surface area (Å²) < 4.78 is 5.24. The largest absolute Gasteiger partial charge is 0.382 e. The van der Waals surface area contributed by atoms with E-state index in [-0.39, 0.29) is 6.04 Å². The minimum atomic E-state index is 0.271. The Balaban J connectivity index is 3.29. The molecule has 0 bridgehead atoms. The Morgan fingerprint density at radius 3 is 2.69 bits per heavy atom. The molecule has 13 heavy (non-hydrogen) atoms. The first-order chi connectivity index (χ1) is 6.20. The van der Waals surface area contributed by atoms with Gasteiger partial charge in [0.1, 0.15) is 0 Å². The van der Waals surface area contributed by atoms with Crippen molar-refractivity contribution in [3.8, 4) is 0 Å². The molecule has 0 saturated carbocycles. The molecule has 0 heterocycles. The van der Waals surface area contributed by atoms with Crippen molar-refractivity contribution in [3.05, 3.63) is 12.2 Å². The van der Waals surface area contributed by atoms with Gasteiger partial charge in [0.25, 0.3) is 0 Å². The molecule has 0 amide bonds. The Morgan fingerprint density at radius 1 is 1.46 bits per heavy atom. The highest BCUT2D eigenvalue weighted by atomic mass is 16.5. The van der Waals surface area contributed by atoms with Crippen LogP contribution in [-0.2, 0) is 4.74 Å². The smallest absolute Gasteiger partial charge is 0.0466 e. The number of rotatable bonds is 8. The molecule has 0 aliphatic carbocycles. The van der Waals surface area contributed by atoms with Crippen LogP contribution in [0.15, 0.2) is 12.2 Å². The van der Waals surface area contributed by atoms with Gasteiger partial charge in [-0.3, -0.25) is 0 Å². The summed E-state index contributed by atoms with van der Waals surface area (Å²) >= 11 is 0. The molecule has 0 aromatic rings.